The lowest BCUT2D eigenvalue weighted by Gasteiger charge is -2.28. The van der Waals surface area contributed by atoms with Crippen LogP contribution in [0.3, 0.4) is 0 Å². The number of carbonyl (C=O) groups excluding carboxylic acids is 3. The number of thiazole rings is 1. The molecule has 1 N–H and O–H groups in total. The van der Waals surface area contributed by atoms with Crippen molar-refractivity contribution in [3.05, 3.63) is 47.0 Å². The monoisotopic (exact) mass is 343 g/mol. The second kappa shape index (κ2) is 6.52. The Balaban J connectivity index is 1.80. The van der Waals surface area contributed by atoms with Crippen molar-refractivity contribution >= 4 is 34.2 Å². The summed E-state index contributed by atoms with van der Waals surface area (Å²) in [7, 11) is 0. The minimum Gasteiger partial charge on any atom is -0.302 e. The summed E-state index contributed by atoms with van der Waals surface area (Å²) < 4.78 is 0. The van der Waals surface area contributed by atoms with Gasteiger partial charge >= 0.3 is 0 Å². The van der Waals surface area contributed by atoms with Gasteiger partial charge in [0, 0.05) is 18.0 Å². The van der Waals surface area contributed by atoms with Gasteiger partial charge in [-0.2, -0.15) is 0 Å². The van der Waals surface area contributed by atoms with Crippen LogP contribution < -0.4 is 5.32 Å². The molecule has 0 bridgehead atoms. The maximum Gasteiger partial charge on any atom is 0.261 e. The number of nitrogens with zero attached hydrogens (tertiary/aromatic N) is 2. The average molecular weight is 343 g/mol. The lowest BCUT2D eigenvalue weighted by atomic mass is 9.98. The van der Waals surface area contributed by atoms with Gasteiger partial charge in [0.25, 0.3) is 11.8 Å². The molecule has 6 nitrogen and oxygen atoms in total. The van der Waals surface area contributed by atoms with Crippen molar-refractivity contribution in [1.29, 1.82) is 0 Å². The predicted octanol–water partition coefficient (Wildman–Crippen LogP) is 2.79. The fourth-order valence-corrected chi connectivity index (χ4v) is 3.32. The molecule has 0 spiro atoms. The van der Waals surface area contributed by atoms with Gasteiger partial charge in [-0.25, -0.2) is 4.98 Å². The summed E-state index contributed by atoms with van der Waals surface area (Å²) in [6.07, 6.45) is 1.65. The van der Waals surface area contributed by atoms with E-state index in [1.807, 2.05) is 13.8 Å². The number of benzene rings is 1. The van der Waals surface area contributed by atoms with E-state index in [0.29, 0.717) is 16.3 Å². The zero-order valence-corrected chi connectivity index (χ0v) is 14.2. The number of aromatic nitrogens is 1. The lowest BCUT2D eigenvalue weighted by molar-refractivity contribution is -0.117. The van der Waals surface area contributed by atoms with Gasteiger partial charge in [0.15, 0.2) is 5.13 Å². The average Bonchev–Trinajstić information content (AvgIpc) is 3.14. The van der Waals surface area contributed by atoms with Crippen molar-refractivity contribution in [3.8, 4) is 0 Å². The van der Waals surface area contributed by atoms with E-state index >= 15 is 0 Å². The van der Waals surface area contributed by atoms with Crippen LogP contribution >= 0.6 is 11.3 Å². The van der Waals surface area contributed by atoms with Crippen molar-refractivity contribution in [2.45, 2.75) is 26.3 Å². The summed E-state index contributed by atoms with van der Waals surface area (Å²) in [5.41, 5.74) is 0.793. The van der Waals surface area contributed by atoms with E-state index in [1.54, 1.807) is 35.8 Å². The summed E-state index contributed by atoms with van der Waals surface area (Å²) in [6, 6.07) is 6.24. The van der Waals surface area contributed by atoms with Gasteiger partial charge in [-0.1, -0.05) is 26.0 Å². The van der Waals surface area contributed by atoms with Crippen LogP contribution in [-0.2, 0) is 4.79 Å². The quantitative estimate of drug-likeness (QED) is 0.847. The van der Waals surface area contributed by atoms with Gasteiger partial charge in [0.2, 0.25) is 5.91 Å². The molecule has 1 unspecified atom stereocenters. The van der Waals surface area contributed by atoms with Gasteiger partial charge in [-0.05, 0) is 18.1 Å². The predicted molar refractivity (Wildman–Crippen MR) is 90.9 cm³/mol. The van der Waals surface area contributed by atoms with E-state index in [0.717, 1.165) is 0 Å². The number of imide groups is 1. The highest BCUT2D eigenvalue weighted by Crippen LogP contribution is 2.28. The Labute approximate surface area is 143 Å². The second-order valence-corrected chi connectivity index (χ2v) is 6.82. The normalized spacial score (nSPS) is 14.9. The molecule has 3 amide bonds. The van der Waals surface area contributed by atoms with E-state index < -0.39 is 6.04 Å². The van der Waals surface area contributed by atoms with Crippen LogP contribution in [0.2, 0.25) is 0 Å². The SMILES string of the molecule is CC(C)C(CC(=O)Nc1nccs1)N1C(=O)c2ccccc2C1=O. The first-order chi connectivity index (χ1) is 11.5. The smallest absolute Gasteiger partial charge is 0.261 e. The fourth-order valence-electron chi connectivity index (χ4n) is 2.78. The molecule has 2 aromatic rings. The number of nitrogens with one attached hydrogen (secondary N) is 1. The van der Waals surface area contributed by atoms with Crippen molar-refractivity contribution in [2.75, 3.05) is 5.32 Å². The maximum absolute atomic E-state index is 12.6. The zero-order valence-electron chi connectivity index (χ0n) is 13.4. The highest BCUT2D eigenvalue weighted by molar-refractivity contribution is 7.13. The standard InChI is InChI=1S/C17H17N3O3S/c1-10(2)13(9-14(21)19-17-18-7-8-24-17)20-15(22)11-5-3-4-6-12(11)16(20)23/h3-8,10,13H,9H2,1-2H3,(H,18,19,21). The highest BCUT2D eigenvalue weighted by Gasteiger charge is 2.41. The molecule has 1 aromatic heterocycles. The molecule has 24 heavy (non-hydrogen) atoms. The van der Waals surface area contributed by atoms with E-state index in [9.17, 15) is 14.4 Å². The Bertz CT molecular complexity index is 751. The zero-order chi connectivity index (χ0) is 17.3. The first-order valence-electron chi connectivity index (χ1n) is 7.65. The lowest BCUT2D eigenvalue weighted by Crippen LogP contribution is -2.44. The molecule has 1 aliphatic rings. The van der Waals surface area contributed by atoms with E-state index in [-0.39, 0.29) is 30.1 Å². The number of hydrogen-bond acceptors (Lipinski definition) is 5. The van der Waals surface area contributed by atoms with Crippen LogP contribution in [0.1, 0.15) is 41.0 Å². The first-order valence-corrected chi connectivity index (χ1v) is 8.53. The van der Waals surface area contributed by atoms with Crippen LogP contribution in [0.5, 0.6) is 0 Å². The Morgan fingerprint density at radius 1 is 1.21 bits per heavy atom. The topological polar surface area (TPSA) is 79.4 Å². The molecule has 0 saturated heterocycles. The minimum atomic E-state index is -0.502. The molecular formula is C17H17N3O3S. The first kappa shape index (κ1) is 16.3. The van der Waals surface area contributed by atoms with Crippen LogP contribution in [-0.4, -0.2) is 33.6 Å². The van der Waals surface area contributed by atoms with E-state index in [2.05, 4.69) is 10.3 Å². The molecular weight excluding hydrogens is 326 g/mol. The molecule has 0 aliphatic carbocycles. The molecule has 0 radical (unpaired) electrons. The molecule has 3 rings (SSSR count). The van der Waals surface area contributed by atoms with Crippen molar-refractivity contribution < 1.29 is 14.4 Å². The maximum atomic E-state index is 12.6. The largest absolute Gasteiger partial charge is 0.302 e. The molecule has 124 valence electrons. The third-order valence-corrected chi connectivity index (χ3v) is 4.69. The minimum absolute atomic E-state index is 0.0444. The van der Waals surface area contributed by atoms with Gasteiger partial charge in [0.1, 0.15) is 0 Å². The number of rotatable bonds is 5. The summed E-state index contributed by atoms with van der Waals surface area (Å²) >= 11 is 1.32. The Hall–Kier alpha value is -2.54. The van der Waals surface area contributed by atoms with Crippen molar-refractivity contribution in [1.82, 2.24) is 9.88 Å². The van der Waals surface area contributed by atoms with Gasteiger partial charge < -0.3 is 5.32 Å². The summed E-state index contributed by atoms with van der Waals surface area (Å²) in [5, 5.41) is 4.97. The van der Waals surface area contributed by atoms with Crippen molar-refractivity contribution in [2.24, 2.45) is 5.92 Å². The molecule has 1 atom stereocenters. The highest BCUT2D eigenvalue weighted by atomic mass is 32.1. The van der Waals surface area contributed by atoms with Crippen LogP contribution in [0.15, 0.2) is 35.8 Å². The molecule has 1 aromatic carbocycles. The number of carbonyl (C=O) groups is 3. The molecule has 7 heteroatoms. The number of anilines is 1. The summed E-state index contributed by atoms with van der Waals surface area (Å²) in [6.45, 7) is 3.79. The number of fused-ring (bicyclic) bond motifs is 1. The summed E-state index contributed by atoms with van der Waals surface area (Å²) in [5.74, 6) is -0.984. The van der Waals surface area contributed by atoms with Gasteiger partial charge in [0.05, 0.1) is 17.2 Å². The van der Waals surface area contributed by atoms with Crippen LogP contribution in [0.25, 0.3) is 0 Å². The number of hydrogen-bond donors (Lipinski definition) is 1. The third-order valence-electron chi connectivity index (χ3n) is 4.00. The third kappa shape index (κ3) is 2.94. The fraction of sp³-hybridized carbons (Fsp3) is 0.294. The van der Waals surface area contributed by atoms with Gasteiger partial charge in [-0.15, -0.1) is 11.3 Å². The molecule has 0 fully saturated rings. The Kier molecular flexibility index (Phi) is 4.44. The molecule has 0 saturated carbocycles. The summed E-state index contributed by atoms with van der Waals surface area (Å²) in [4.78, 5) is 42.7. The molecule has 1 aliphatic heterocycles. The van der Waals surface area contributed by atoms with E-state index in [4.69, 9.17) is 0 Å². The number of amides is 3. The van der Waals surface area contributed by atoms with Crippen LogP contribution in [0, 0.1) is 5.92 Å². The second-order valence-electron chi connectivity index (χ2n) is 5.93. The Morgan fingerprint density at radius 3 is 2.33 bits per heavy atom. The van der Waals surface area contributed by atoms with Crippen LogP contribution in [0.4, 0.5) is 5.13 Å². The van der Waals surface area contributed by atoms with Gasteiger partial charge in [-0.3, -0.25) is 19.3 Å². The van der Waals surface area contributed by atoms with E-state index in [1.165, 1.54) is 16.2 Å². The van der Waals surface area contributed by atoms with Crippen molar-refractivity contribution in [3.63, 3.8) is 0 Å². The molecule has 2 heterocycles. The Morgan fingerprint density at radius 2 is 1.83 bits per heavy atom.